The molecule has 2 aromatic carbocycles. The SMILES string of the molecule is CC(C)C[C@H](C(=O)NCc1ccc(Cl)cc1)N1CCC(CS(=O)(=O)c2ccccc2)N2C[C@H](N)C[C@H]2C1=O. The van der Waals surface area contributed by atoms with E-state index in [-0.39, 0.29) is 40.5 Å². The van der Waals surface area contributed by atoms with Crippen LogP contribution in [0, 0.1) is 5.92 Å². The third kappa shape index (κ3) is 6.75. The molecule has 0 bridgehead atoms. The highest BCUT2D eigenvalue weighted by Gasteiger charge is 2.46. The van der Waals surface area contributed by atoms with E-state index in [0.29, 0.717) is 43.9 Å². The highest BCUT2D eigenvalue weighted by Crippen LogP contribution is 2.30. The molecule has 8 nitrogen and oxygen atoms in total. The molecule has 4 atom stereocenters. The first kappa shape index (κ1) is 28.5. The average Bonchev–Trinajstić information content (AvgIpc) is 3.23. The summed E-state index contributed by atoms with van der Waals surface area (Å²) in [6, 6.07) is 13.8. The van der Waals surface area contributed by atoms with Crippen molar-refractivity contribution in [2.45, 2.75) is 68.7 Å². The molecular weight excluding hydrogens is 524 g/mol. The lowest BCUT2D eigenvalue weighted by Gasteiger charge is -2.33. The van der Waals surface area contributed by atoms with Crippen LogP contribution >= 0.6 is 11.6 Å². The van der Waals surface area contributed by atoms with Crippen molar-refractivity contribution in [2.75, 3.05) is 18.8 Å². The van der Waals surface area contributed by atoms with Gasteiger partial charge in [-0.2, -0.15) is 0 Å². The van der Waals surface area contributed by atoms with Crippen LogP contribution in [0.4, 0.5) is 0 Å². The van der Waals surface area contributed by atoms with Gasteiger partial charge in [-0.25, -0.2) is 8.42 Å². The highest BCUT2D eigenvalue weighted by molar-refractivity contribution is 7.91. The molecule has 2 aliphatic heterocycles. The van der Waals surface area contributed by atoms with E-state index < -0.39 is 21.9 Å². The van der Waals surface area contributed by atoms with Crippen molar-refractivity contribution in [3.63, 3.8) is 0 Å². The maximum Gasteiger partial charge on any atom is 0.243 e. The van der Waals surface area contributed by atoms with Gasteiger partial charge in [-0.1, -0.05) is 55.8 Å². The maximum atomic E-state index is 13.9. The number of rotatable bonds is 9. The number of hydrogen-bond acceptors (Lipinski definition) is 6. The molecule has 0 radical (unpaired) electrons. The normalized spacial score (nSPS) is 23.2. The Kier molecular flexibility index (Phi) is 9.13. The topological polar surface area (TPSA) is 113 Å². The number of nitrogens with zero attached hydrogens (tertiary/aromatic N) is 2. The van der Waals surface area contributed by atoms with Gasteiger partial charge in [0, 0.05) is 36.7 Å². The Morgan fingerprint density at radius 2 is 1.82 bits per heavy atom. The molecule has 38 heavy (non-hydrogen) atoms. The lowest BCUT2D eigenvalue weighted by molar-refractivity contribution is -0.143. The van der Waals surface area contributed by atoms with Crippen molar-refractivity contribution < 1.29 is 18.0 Å². The summed E-state index contributed by atoms with van der Waals surface area (Å²) < 4.78 is 26.5. The first-order chi connectivity index (χ1) is 18.0. The summed E-state index contributed by atoms with van der Waals surface area (Å²) in [4.78, 5) is 31.2. The van der Waals surface area contributed by atoms with E-state index in [1.807, 2.05) is 30.9 Å². The van der Waals surface area contributed by atoms with Crippen LogP contribution in [0.15, 0.2) is 59.5 Å². The van der Waals surface area contributed by atoms with Crippen LogP contribution in [-0.4, -0.2) is 73.0 Å². The van der Waals surface area contributed by atoms with Gasteiger partial charge >= 0.3 is 0 Å². The minimum atomic E-state index is -3.57. The molecule has 4 rings (SSSR count). The van der Waals surface area contributed by atoms with Gasteiger partial charge in [-0.3, -0.25) is 14.5 Å². The van der Waals surface area contributed by atoms with E-state index in [1.54, 1.807) is 47.4 Å². The zero-order valence-corrected chi connectivity index (χ0v) is 23.5. The van der Waals surface area contributed by atoms with Gasteiger partial charge in [0.1, 0.15) is 6.04 Å². The molecule has 2 aromatic rings. The van der Waals surface area contributed by atoms with Crippen LogP contribution in [0.1, 0.15) is 38.7 Å². The molecule has 206 valence electrons. The Bertz CT molecular complexity index is 1220. The molecule has 2 heterocycles. The molecule has 0 aliphatic carbocycles. The lowest BCUT2D eigenvalue weighted by Crippen LogP contribution is -2.53. The molecule has 0 spiro atoms. The Balaban J connectivity index is 1.55. The van der Waals surface area contributed by atoms with Gasteiger partial charge in [0.05, 0.1) is 16.7 Å². The number of halogens is 1. The number of amides is 2. The lowest BCUT2D eigenvalue weighted by atomic mass is 10.00. The fourth-order valence-corrected chi connectivity index (χ4v) is 7.25. The van der Waals surface area contributed by atoms with Crippen molar-refractivity contribution in [2.24, 2.45) is 11.7 Å². The molecule has 3 N–H and O–H groups in total. The minimum absolute atomic E-state index is 0.0983. The zero-order chi connectivity index (χ0) is 27.4. The van der Waals surface area contributed by atoms with E-state index in [9.17, 15) is 18.0 Å². The van der Waals surface area contributed by atoms with Crippen molar-refractivity contribution in [1.82, 2.24) is 15.1 Å². The van der Waals surface area contributed by atoms with Crippen molar-refractivity contribution >= 4 is 33.3 Å². The Hall–Kier alpha value is -2.46. The van der Waals surface area contributed by atoms with Gasteiger partial charge in [-0.05, 0) is 55.0 Å². The predicted octanol–water partition coefficient (Wildman–Crippen LogP) is 2.85. The van der Waals surface area contributed by atoms with E-state index in [1.165, 1.54) is 0 Å². The number of sulfone groups is 1. The minimum Gasteiger partial charge on any atom is -0.350 e. The average molecular weight is 561 g/mol. The molecule has 0 saturated carbocycles. The Labute approximate surface area is 230 Å². The number of hydrogen-bond donors (Lipinski definition) is 2. The predicted molar refractivity (Wildman–Crippen MR) is 148 cm³/mol. The first-order valence-corrected chi connectivity index (χ1v) is 15.2. The summed E-state index contributed by atoms with van der Waals surface area (Å²) in [5, 5.41) is 3.61. The van der Waals surface area contributed by atoms with Crippen LogP contribution in [0.3, 0.4) is 0 Å². The number of nitrogens with two attached hydrogens (primary N) is 1. The number of carbonyl (C=O) groups excluding carboxylic acids is 2. The molecule has 2 amide bonds. The monoisotopic (exact) mass is 560 g/mol. The quantitative estimate of drug-likeness (QED) is 0.488. The fraction of sp³-hybridized carbons (Fsp3) is 0.500. The summed E-state index contributed by atoms with van der Waals surface area (Å²) in [5.41, 5.74) is 7.19. The molecule has 10 heteroatoms. The van der Waals surface area contributed by atoms with Gasteiger partial charge < -0.3 is 16.0 Å². The van der Waals surface area contributed by atoms with E-state index in [2.05, 4.69) is 5.32 Å². The summed E-state index contributed by atoms with van der Waals surface area (Å²) in [6.45, 7) is 5.13. The van der Waals surface area contributed by atoms with Crippen molar-refractivity contribution in [3.8, 4) is 0 Å². The van der Waals surface area contributed by atoms with Crippen LogP contribution in [0.2, 0.25) is 5.02 Å². The van der Waals surface area contributed by atoms with Crippen molar-refractivity contribution in [3.05, 3.63) is 65.2 Å². The molecule has 1 unspecified atom stereocenters. The van der Waals surface area contributed by atoms with Gasteiger partial charge in [0.25, 0.3) is 0 Å². The number of carbonyl (C=O) groups is 2. The van der Waals surface area contributed by atoms with Crippen LogP contribution < -0.4 is 11.1 Å². The van der Waals surface area contributed by atoms with Crippen LogP contribution in [0.5, 0.6) is 0 Å². The molecule has 2 fully saturated rings. The second-order valence-electron chi connectivity index (χ2n) is 10.8. The Morgan fingerprint density at radius 3 is 2.47 bits per heavy atom. The first-order valence-electron chi connectivity index (χ1n) is 13.2. The third-order valence-corrected chi connectivity index (χ3v) is 9.45. The van der Waals surface area contributed by atoms with Crippen molar-refractivity contribution in [1.29, 1.82) is 0 Å². The molecular formula is C28H37ClN4O4S. The van der Waals surface area contributed by atoms with E-state index in [0.717, 1.165) is 5.56 Å². The standard InChI is InChI=1S/C28H37ClN4O4S/c1-19(2)14-25(27(34)31-16-20-8-10-21(29)11-9-20)32-13-12-23(33-17-22(30)15-26(33)28(32)35)18-38(36,37)24-6-4-3-5-7-24/h3-11,19,22-23,25-26H,12-18,30H2,1-2H3,(H,31,34)/t22-,23?,25-,26+/m1/s1. The zero-order valence-electron chi connectivity index (χ0n) is 21.9. The summed E-state index contributed by atoms with van der Waals surface area (Å²) in [5.74, 6) is -0.288. The van der Waals surface area contributed by atoms with E-state index in [4.69, 9.17) is 17.3 Å². The number of fused-ring (bicyclic) bond motifs is 1. The molecule has 0 aromatic heterocycles. The smallest absolute Gasteiger partial charge is 0.243 e. The largest absolute Gasteiger partial charge is 0.350 e. The third-order valence-electron chi connectivity index (χ3n) is 7.38. The molecule has 2 saturated heterocycles. The summed E-state index contributed by atoms with van der Waals surface area (Å²) >= 11 is 5.97. The second-order valence-corrected chi connectivity index (χ2v) is 13.2. The van der Waals surface area contributed by atoms with Gasteiger partial charge in [0.2, 0.25) is 11.8 Å². The maximum absolute atomic E-state index is 13.9. The van der Waals surface area contributed by atoms with Crippen LogP contribution in [0.25, 0.3) is 0 Å². The highest BCUT2D eigenvalue weighted by atomic mass is 35.5. The van der Waals surface area contributed by atoms with E-state index >= 15 is 0 Å². The summed E-state index contributed by atoms with van der Waals surface area (Å²) in [7, 11) is -3.57. The second kappa shape index (κ2) is 12.2. The van der Waals surface area contributed by atoms with Gasteiger partial charge in [0.15, 0.2) is 9.84 Å². The number of nitrogens with one attached hydrogen (secondary N) is 1. The van der Waals surface area contributed by atoms with Gasteiger partial charge in [-0.15, -0.1) is 0 Å². The molecule has 2 aliphatic rings. The summed E-state index contributed by atoms with van der Waals surface area (Å²) in [6.07, 6.45) is 1.39. The number of benzene rings is 2. The fourth-order valence-electron chi connectivity index (χ4n) is 5.49. The Morgan fingerprint density at radius 1 is 1.13 bits per heavy atom. The van der Waals surface area contributed by atoms with Crippen LogP contribution in [-0.2, 0) is 26.0 Å².